The Bertz CT molecular complexity index is 226. The zero-order chi connectivity index (χ0) is 15.4. The van der Waals surface area contributed by atoms with Crippen LogP contribution in [-0.4, -0.2) is 29.6 Å². The number of aliphatic hydroxyl groups excluding tert-OH is 1. The van der Waals surface area contributed by atoms with Crippen LogP contribution in [0.3, 0.4) is 0 Å². The molecular formula is C18H38OSn. The Hall–Kier alpha value is 0.499. The molecule has 0 radical (unpaired) electrons. The molecule has 0 heterocycles. The fraction of sp³-hybridized carbons (Fsp3) is 0.889. The average molecular weight is 389 g/mol. The van der Waals surface area contributed by atoms with Gasteiger partial charge in [-0.3, -0.25) is 0 Å². The molecule has 0 aliphatic heterocycles. The number of rotatable bonds is 13. The second-order valence-electron chi connectivity index (χ2n) is 6.79. The quantitative estimate of drug-likeness (QED) is 0.295. The van der Waals surface area contributed by atoms with Crippen molar-refractivity contribution in [1.29, 1.82) is 0 Å². The van der Waals surface area contributed by atoms with Crippen LogP contribution < -0.4 is 0 Å². The summed E-state index contributed by atoms with van der Waals surface area (Å²) in [4.78, 5) is 0. The van der Waals surface area contributed by atoms with Crippen molar-refractivity contribution in [1.82, 2.24) is 0 Å². The van der Waals surface area contributed by atoms with Gasteiger partial charge >= 0.3 is 132 Å². The van der Waals surface area contributed by atoms with E-state index in [0.717, 1.165) is 6.42 Å². The van der Waals surface area contributed by atoms with Gasteiger partial charge in [-0.15, -0.1) is 0 Å². The van der Waals surface area contributed by atoms with Gasteiger partial charge in [0.1, 0.15) is 0 Å². The molecule has 0 aromatic carbocycles. The molecule has 0 amide bonds. The van der Waals surface area contributed by atoms with E-state index in [2.05, 4.69) is 27.4 Å². The minimum absolute atomic E-state index is 0.213. The van der Waals surface area contributed by atoms with Crippen LogP contribution in [0.15, 0.2) is 12.2 Å². The van der Waals surface area contributed by atoms with Crippen LogP contribution in [0.1, 0.15) is 72.6 Å². The predicted octanol–water partition coefficient (Wildman–Crippen LogP) is 6.16. The van der Waals surface area contributed by atoms with Crippen molar-refractivity contribution in [2.45, 2.75) is 96.5 Å². The Morgan fingerprint density at radius 1 is 0.950 bits per heavy atom. The normalized spacial score (nSPS) is 13.4. The average Bonchev–Trinajstić information content (AvgIpc) is 2.39. The fourth-order valence-corrected chi connectivity index (χ4v) is 19.9. The van der Waals surface area contributed by atoms with E-state index in [4.69, 9.17) is 0 Å². The summed E-state index contributed by atoms with van der Waals surface area (Å²) in [7, 11) is 0. The molecule has 2 heteroatoms. The first-order chi connectivity index (χ1) is 9.49. The van der Waals surface area contributed by atoms with E-state index in [1.54, 1.807) is 13.3 Å². The summed E-state index contributed by atoms with van der Waals surface area (Å²) in [6.07, 6.45) is 8.88. The van der Waals surface area contributed by atoms with Gasteiger partial charge in [0.05, 0.1) is 0 Å². The Labute approximate surface area is 132 Å². The van der Waals surface area contributed by atoms with Gasteiger partial charge in [0.15, 0.2) is 0 Å². The molecule has 0 fully saturated rings. The van der Waals surface area contributed by atoms with E-state index in [1.165, 1.54) is 48.5 Å². The molecular weight excluding hydrogens is 351 g/mol. The van der Waals surface area contributed by atoms with Gasteiger partial charge in [0.25, 0.3) is 0 Å². The van der Waals surface area contributed by atoms with Gasteiger partial charge < -0.3 is 0 Å². The molecule has 0 aromatic rings. The van der Waals surface area contributed by atoms with Crippen molar-refractivity contribution in [3.63, 3.8) is 0 Å². The number of unbranched alkanes of at least 4 members (excludes halogenated alkanes) is 3. The van der Waals surface area contributed by atoms with Crippen molar-refractivity contribution < 1.29 is 5.11 Å². The van der Waals surface area contributed by atoms with Crippen molar-refractivity contribution >= 4 is 18.4 Å². The molecule has 0 saturated carbocycles. The zero-order valence-corrected chi connectivity index (χ0v) is 17.4. The maximum absolute atomic E-state index is 9.61. The molecule has 0 aliphatic carbocycles. The van der Waals surface area contributed by atoms with Crippen molar-refractivity contribution in [2.24, 2.45) is 0 Å². The molecule has 0 aliphatic rings. The van der Waals surface area contributed by atoms with Gasteiger partial charge in [0, 0.05) is 0 Å². The van der Waals surface area contributed by atoms with Crippen molar-refractivity contribution in [3.8, 4) is 0 Å². The SMILES string of the molecule is C=C(CC(C)O)[CH2][Sn]([CH2]CCC)([CH2]CCC)[CH2]CCC. The molecule has 1 unspecified atom stereocenters. The second kappa shape index (κ2) is 12.1. The Balaban J connectivity index is 4.77. The summed E-state index contributed by atoms with van der Waals surface area (Å²) in [5, 5.41) is 9.61. The van der Waals surface area contributed by atoms with E-state index in [-0.39, 0.29) is 6.10 Å². The van der Waals surface area contributed by atoms with E-state index >= 15 is 0 Å². The molecule has 1 nitrogen and oxygen atoms in total. The van der Waals surface area contributed by atoms with Crippen LogP contribution in [0.2, 0.25) is 17.7 Å². The third-order valence-electron chi connectivity index (χ3n) is 4.39. The Morgan fingerprint density at radius 3 is 1.65 bits per heavy atom. The molecule has 1 N–H and O–H groups in total. The monoisotopic (exact) mass is 390 g/mol. The minimum atomic E-state index is -2.04. The number of hydrogen-bond acceptors (Lipinski definition) is 1. The summed E-state index contributed by atoms with van der Waals surface area (Å²) in [5.74, 6) is 0. The fourth-order valence-electron chi connectivity index (χ4n) is 3.32. The molecule has 1 atom stereocenters. The first kappa shape index (κ1) is 20.5. The van der Waals surface area contributed by atoms with Crippen LogP contribution in [0.25, 0.3) is 0 Å². The number of aliphatic hydroxyl groups is 1. The van der Waals surface area contributed by atoms with E-state index in [1.807, 2.05) is 6.92 Å². The summed E-state index contributed by atoms with van der Waals surface area (Å²) in [6, 6.07) is 0. The summed E-state index contributed by atoms with van der Waals surface area (Å²) >= 11 is -2.04. The van der Waals surface area contributed by atoms with Gasteiger partial charge in [0.2, 0.25) is 0 Å². The summed E-state index contributed by atoms with van der Waals surface area (Å²) in [5.41, 5.74) is 1.35. The van der Waals surface area contributed by atoms with Gasteiger partial charge in [-0.2, -0.15) is 0 Å². The first-order valence-electron chi connectivity index (χ1n) is 8.84. The topological polar surface area (TPSA) is 20.2 Å². The maximum atomic E-state index is 9.61. The number of hydrogen-bond donors (Lipinski definition) is 1. The van der Waals surface area contributed by atoms with Gasteiger partial charge in [-0.1, -0.05) is 0 Å². The third kappa shape index (κ3) is 9.44. The third-order valence-corrected chi connectivity index (χ3v) is 20.1. The molecule has 20 heavy (non-hydrogen) atoms. The van der Waals surface area contributed by atoms with Crippen LogP contribution in [0.5, 0.6) is 0 Å². The standard InChI is InChI=1S/C6H11O.3C4H9.Sn/c1-5(2)4-6(3)7;3*1-3-4-2;/h6-7H,1-2,4H2,3H3;3*1,3-4H2,2H3;. The van der Waals surface area contributed by atoms with Gasteiger partial charge in [-0.25, -0.2) is 0 Å². The van der Waals surface area contributed by atoms with Crippen LogP contribution in [0.4, 0.5) is 0 Å². The van der Waals surface area contributed by atoms with Gasteiger partial charge in [-0.05, 0) is 0 Å². The Kier molecular flexibility index (Phi) is 12.4. The molecule has 120 valence electrons. The van der Waals surface area contributed by atoms with Crippen molar-refractivity contribution in [3.05, 3.63) is 12.2 Å². The zero-order valence-electron chi connectivity index (χ0n) is 14.5. The second-order valence-corrected chi connectivity index (χ2v) is 20.6. The summed E-state index contributed by atoms with van der Waals surface area (Å²) in [6.45, 7) is 13.2. The van der Waals surface area contributed by atoms with E-state index < -0.39 is 18.4 Å². The van der Waals surface area contributed by atoms with E-state index in [0.29, 0.717) is 0 Å². The van der Waals surface area contributed by atoms with E-state index in [9.17, 15) is 5.11 Å². The molecule has 0 aromatic heterocycles. The summed E-state index contributed by atoms with van der Waals surface area (Å²) < 4.78 is 5.97. The van der Waals surface area contributed by atoms with Crippen LogP contribution >= 0.6 is 0 Å². The molecule has 0 saturated heterocycles. The first-order valence-corrected chi connectivity index (χ1v) is 16.9. The Morgan fingerprint density at radius 2 is 1.35 bits per heavy atom. The predicted molar refractivity (Wildman–Crippen MR) is 95.1 cm³/mol. The molecule has 0 bridgehead atoms. The molecule has 0 rings (SSSR count). The van der Waals surface area contributed by atoms with Crippen molar-refractivity contribution in [2.75, 3.05) is 0 Å². The molecule has 0 spiro atoms. The van der Waals surface area contributed by atoms with Crippen LogP contribution in [-0.2, 0) is 0 Å². The van der Waals surface area contributed by atoms with Crippen LogP contribution in [0, 0.1) is 0 Å².